The molecule has 0 bridgehead atoms. The summed E-state index contributed by atoms with van der Waals surface area (Å²) in [7, 11) is 0. The third kappa shape index (κ3) is 4.19. The van der Waals surface area contributed by atoms with E-state index >= 15 is 0 Å². The summed E-state index contributed by atoms with van der Waals surface area (Å²) in [6.07, 6.45) is 3.16. The Morgan fingerprint density at radius 2 is 2.15 bits per heavy atom. The molecule has 0 aliphatic heterocycles. The van der Waals surface area contributed by atoms with Crippen molar-refractivity contribution in [3.63, 3.8) is 0 Å². The zero-order valence-corrected chi connectivity index (χ0v) is 8.95. The van der Waals surface area contributed by atoms with Gasteiger partial charge in [0.05, 0.1) is 19.0 Å². The molecule has 0 radical (unpaired) electrons. The number of ether oxygens (including phenoxy) is 2. The fourth-order valence-electron chi connectivity index (χ4n) is 0.724. The summed E-state index contributed by atoms with van der Waals surface area (Å²) < 4.78 is 11.0. The van der Waals surface area contributed by atoms with Crippen LogP contribution in [-0.4, -0.2) is 29.8 Å². The summed E-state index contributed by atoms with van der Waals surface area (Å²) >= 11 is 3.18. The molecule has 72 valence electrons. The van der Waals surface area contributed by atoms with Gasteiger partial charge < -0.3 is 9.47 Å². The van der Waals surface area contributed by atoms with E-state index < -0.39 is 0 Å². The van der Waals surface area contributed by atoms with Gasteiger partial charge in [0, 0.05) is 6.61 Å². The molecule has 0 N–H and O–H groups in total. The Hall–Kier alpha value is -0.680. The number of aromatic nitrogens is 2. The van der Waals surface area contributed by atoms with Crippen LogP contribution in [0.3, 0.4) is 0 Å². The van der Waals surface area contributed by atoms with Crippen LogP contribution >= 0.6 is 15.9 Å². The van der Waals surface area contributed by atoms with Gasteiger partial charge in [0.25, 0.3) is 0 Å². The number of halogens is 1. The molecule has 0 spiro atoms. The van der Waals surface area contributed by atoms with Gasteiger partial charge in [0.1, 0.15) is 11.2 Å². The molecule has 0 aromatic carbocycles. The third-order valence-electron chi connectivity index (χ3n) is 1.28. The minimum Gasteiger partial charge on any atom is -0.474 e. The van der Waals surface area contributed by atoms with E-state index in [0.29, 0.717) is 30.3 Å². The highest BCUT2D eigenvalue weighted by atomic mass is 79.9. The standard InChI is InChI=1S/C8H11BrN2O2/c1-2-12-3-4-13-8-6-10-7(9)5-11-8/h5-6H,2-4H2,1H3. The molecule has 4 nitrogen and oxygen atoms in total. The van der Waals surface area contributed by atoms with Crippen molar-refractivity contribution in [2.45, 2.75) is 6.92 Å². The molecule has 0 atom stereocenters. The van der Waals surface area contributed by atoms with Crippen molar-refractivity contribution in [2.75, 3.05) is 19.8 Å². The van der Waals surface area contributed by atoms with Crippen molar-refractivity contribution in [2.24, 2.45) is 0 Å². The van der Waals surface area contributed by atoms with E-state index in [2.05, 4.69) is 25.9 Å². The van der Waals surface area contributed by atoms with Gasteiger partial charge in [0.15, 0.2) is 0 Å². The average Bonchev–Trinajstić information content (AvgIpc) is 2.15. The van der Waals surface area contributed by atoms with Gasteiger partial charge in [-0.3, -0.25) is 0 Å². The van der Waals surface area contributed by atoms with Crippen LogP contribution in [0, 0.1) is 0 Å². The molecule has 1 heterocycles. The fourth-order valence-corrected chi connectivity index (χ4v) is 0.929. The molecule has 1 aromatic rings. The first-order chi connectivity index (χ1) is 6.33. The number of nitrogens with zero attached hydrogens (tertiary/aromatic N) is 2. The first kappa shape index (κ1) is 10.4. The summed E-state index contributed by atoms with van der Waals surface area (Å²) in [4.78, 5) is 7.96. The predicted molar refractivity (Wildman–Crippen MR) is 51.7 cm³/mol. The van der Waals surface area contributed by atoms with Crippen molar-refractivity contribution in [3.8, 4) is 5.88 Å². The normalized spacial score (nSPS) is 10.0. The molecule has 0 saturated carbocycles. The van der Waals surface area contributed by atoms with Crippen LogP contribution in [0.15, 0.2) is 17.0 Å². The zero-order chi connectivity index (χ0) is 9.52. The minimum atomic E-state index is 0.504. The Kier molecular flexibility index (Phi) is 4.70. The molecular formula is C8H11BrN2O2. The summed E-state index contributed by atoms with van der Waals surface area (Å²) in [5.74, 6) is 0.517. The van der Waals surface area contributed by atoms with Crippen molar-refractivity contribution in [1.29, 1.82) is 0 Å². The second-order valence-corrected chi connectivity index (χ2v) is 3.04. The van der Waals surface area contributed by atoms with E-state index in [1.165, 1.54) is 0 Å². The Balaban J connectivity index is 2.25. The van der Waals surface area contributed by atoms with Crippen LogP contribution < -0.4 is 4.74 Å². The molecule has 1 rings (SSSR count). The van der Waals surface area contributed by atoms with Gasteiger partial charge in [-0.25, -0.2) is 9.97 Å². The van der Waals surface area contributed by atoms with Gasteiger partial charge in [-0.1, -0.05) is 0 Å². The zero-order valence-electron chi connectivity index (χ0n) is 7.36. The highest BCUT2D eigenvalue weighted by molar-refractivity contribution is 9.10. The van der Waals surface area contributed by atoms with E-state index in [-0.39, 0.29) is 0 Å². The predicted octanol–water partition coefficient (Wildman–Crippen LogP) is 1.65. The van der Waals surface area contributed by atoms with E-state index in [0.717, 1.165) is 0 Å². The monoisotopic (exact) mass is 246 g/mol. The SMILES string of the molecule is CCOCCOc1cnc(Br)cn1. The van der Waals surface area contributed by atoms with E-state index in [9.17, 15) is 0 Å². The summed E-state index contributed by atoms with van der Waals surface area (Å²) in [6.45, 7) is 3.73. The molecule has 0 fully saturated rings. The molecule has 0 aliphatic rings. The van der Waals surface area contributed by atoms with Gasteiger partial charge in [-0.15, -0.1) is 0 Å². The first-order valence-electron chi connectivity index (χ1n) is 4.01. The largest absolute Gasteiger partial charge is 0.474 e. The van der Waals surface area contributed by atoms with Crippen LogP contribution in [0.2, 0.25) is 0 Å². The number of rotatable bonds is 5. The third-order valence-corrected chi connectivity index (χ3v) is 1.69. The van der Waals surface area contributed by atoms with Gasteiger partial charge >= 0.3 is 0 Å². The Morgan fingerprint density at radius 1 is 1.31 bits per heavy atom. The molecule has 0 unspecified atom stereocenters. The summed E-state index contributed by atoms with van der Waals surface area (Å²) in [5, 5.41) is 0. The molecule has 13 heavy (non-hydrogen) atoms. The molecule has 0 saturated heterocycles. The fraction of sp³-hybridized carbons (Fsp3) is 0.500. The smallest absolute Gasteiger partial charge is 0.232 e. The Bertz CT molecular complexity index is 240. The topological polar surface area (TPSA) is 44.2 Å². The van der Waals surface area contributed by atoms with Crippen LogP contribution in [0.4, 0.5) is 0 Å². The molecule has 1 aromatic heterocycles. The van der Waals surface area contributed by atoms with Crippen LogP contribution in [0.25, 0.3) is 0 Å². The second kappa shape index (κ2) is 5.88. The molecule has 0 aliphatic carbocycles. The van der Waals surface area contributed by atoms with Crippen molar-refractivity contribution in [1.82, 2.24) is 9.97 Å². The van der Waals surface area contributed by atoms with Gasteiger partial charge in [-0.05, 0) is 22.9 Å². The van der Waals surface area contributed by atoms with Crippen LogP contribution in [0.5, 0.6) is 5.88 Å². The number of hydrogen-bond donors (Lipinski definition) is 0. The van der Waals surface area contributed by atoms with E-state index in [1.807, 2.05) is 6.92 Å². The van der Waals surface area contributed by atoms with Gasteiger partial charge in [-0.2, -0.15) is 0 Å². The molecule has 5 heteroatoms. The maximum absolute atomic E-state index is 5.24. The highest BCUT2D eigenvalue weighted by Gasteiger charge is 1.95. The van der Waals surface area contributed by atoms with Crippen molar-refractivity contribution < 1.29 is 9.47 Å². The summed E-state index contributed by atoms with van der Waals surface area (Å²) in [5.41, 5.74) is 0. The quantitative estimate of drug-likeness (QED) is 0.742. The number of hydrogen-bond acceptors (Lipinski definition) is 4. The van der Waals surface area contributed by atoms with Crippen molar-refractivity contribution >= 4 is 15.9 Å². The lowest BCUT2D eigenvalue weighted by atomic mass is 10.7. The lowest BCUT2D eigenvalue weighted by Gasteiger charge is -2.03. The second-order valence-electron chi connectivity index (χ2n) is 2.22. The average molecular weight is 247 g/mol. The highest BCUT2D eigenvalue weighted by Crippen LogP contribution is 2.07. The maximum atomic E-state index is 5.24. The Labute approximate surface area is 85.4 Å². The Morgan fingerprint density at radius 3 is 2.77 bits per heavy atom. The van der Waals surface area contributed by atoms with E-state index in [4.69, 9.17) is 9.47 Å². The summed E-state index contributed by atoms with van der Waals surface area (Å²) in [6, 6.07) is 0. The van der Waals surface area contributed by atoms with Crippen molar-refractivity contribution in [3.05, 3.63) is 17.0 Å². The maximum Gasteiger partial charge on any atom is 0.232 e. The van der Waals surface area contributed by atoms with Crippen LogP contribution in [-0.2, 0) is 4.74 Å². The molecule has 0 amide bonds. The lowest BCUT2D eigenvalue weighted by Crippen LogP contribution is -2.07. The lowest BCUT2D eigenvalue weighted by molar-refractivity contribution is 0.108. The van der Waals surface area contributed by atoms with Gasteiger partial charge in [0.2, 0.25) is 5.88 Å². The van der Waals surface area contributed by atoms with Crippen LogP contribution in [0.1, 0.15) is 6.92 Å². The minimum absolute atomic E-state index is 0.504. The van der Waals surface area contributed by atoms with E-state index in [1.54, 1.807) is 12.4 Å². The first-order valence-corrected chi connectivity index (χ1v) is 4.80. The molecular weight excluding hydrogens is 236 g/mol.